The van der Waals surface area contributed by atoms with Crippen molar-refractivity contribution in [3.05, 3.63) is 45.2 Å². The van der Waals surface area contributed by atoms with Crippen LogP contribution in [0.15, 0.2) is 23.0 Å². The summed E-state index contributed by atoms with van der Waals surface area (Å²) in [6.45, 7) is 15.2. The topological polar surface area (TPSA) is 73.1 Å². The summed E-state index contributed by atoms with van der Waals surface area (Å²) in [6, 6.07) is 6.21. The van der Waals surface area contributed by atoms with Crippen molar-refractivity contribution in [2.45, 2.75) is 26.8 Å². The Kier molecular flexibility index (Phi) is 9.51. The summed E-state index contributed by atoms with van der Waals surface area (Å²) < 4.78 is 10.9. The molecule has 35 heavy (non-hydrogen) atoms. The lowest BCUT2D eigenvalue weighted by Crippen LogP contribution is -2.46. The van der Waals surface area contributed by atoms with Crippen molar-refractivity contribution in [1.29, 1.82) is 0 Å². The van der Waals surface area contributed by atoms with E-state index >= 15 is 0 Å². The predicted octanol–water partition coefficient (Wildman–Crippen LogP) is 1.88. The number of nitrogens with one attached hydrogen (secondary N) is 2. The smallest absolute Gasteiger partial charge is 0.253 e. The highest BCUT2D eigenvalue weighted by Gasteiger charge is 2.17. The second kappa shape index (κ2) is 12.8. The highest BCUT2D eigenvalue weighted by Crippen LogP contribution is 2.18. The van der Waals surface area contributed by atoms with Crippen LogP contribution in [0.5, 0.6) is 0 Å². The number of benzene rings is 1. The summed E-state index contributed by atoms with van der Waals surface area (Å²) in [4.78, 5) is 23.0. The van der Waals surface area contributed by atoms with Crippen LogP contribution in [0.25, 0.3) is 10.9 Å². The molecule has 0 atom stereocenters. The number of morpholine rings is 2. The van der Waals surface area contributed by atoms with Gasteiger partial charge in [-0.3, -0.25) is 14.6 Å². The molecule has 3 heterocycles. The second-order valence-corrected chi connectivity index (χ2v) is 9.95. The van der Waals surface area contributed by atoms with Crippen LogP contribution < -0.4 is 10.9 Å². The van der Waals surface area contributed by atoms with E-state index in [2.05, 4.69) is 44.9 Å². The van der Waals surface area contributed by atoms with Gasteiger partial charge in [-0.2, -0.15) is 0 Å². The first kappa shape index (κ1) is 26.0. The van der Waals surface area contributed by atoms with Gasteiger partial charge in [-0.25, -0.2) is 0 Å². The van der Waals surface area contributed by atoms with Crippen LogP contribution in [0.4, 0.5) is 0 Å². The molecule has 0 aliphatic carbocycles. The quantitative estimate of drug-likeness (QED) is 0.399. The van der Waals surface area contributed by atoms with Gasteiger partial charge >= 0.3 is 0 Å². The number of ether oxygens (including phenoxy) is 2. The normalized spacial score (nSPS) is 17.5. The van der Waals surface area contributed by atoms with Crippen LogP contribution in [-0.4, -0.2) is 104 Å². The Bertz CT molecular complexity index is 1050. The maximum atomic E-state index is 12.9. The van der Waals surface area contributed by atoms with Crippen LogP contribution >= 0.6 is 12.2 Å². The predicted molar refractivity (Wildman–Crippen MR) is 144 cm³/mol. The van der Waals surface area contributed by atoms with Crippen LogP contribution in [-0.2, 0) is 16.0 Å². The van der Waals surface area contributed by atoms with E-state index in [0.29, 0.717) is 11.7 Å². The molecule has 0 amide bonds. The van der Waals surface area contributed by atoms with Gasteiger partial charge in [0.15, 0.2) is 5.11 Å². The fraction of sp³-hybridized carbons (Fsp3) is 0.615. The molecule has 0 radical (unpaired) electrons. The molecular formula is C26H39N5O3S. The monoisotopic (exact) mass is 501 g/mol. The number of fused-ring (bicyclic) bond motifs is 1. The molecule has 9 heteroatoms. The van der Waals surface area contributed by atoms with E-state index in [1.165, 1.54) is 11.1 Å². The molecule has 1 aromatic heterocycles. The molecule has 0 bridgehead atoms. The van der Waals surface area contributed by atoms with Gasteiger partial charge in [0.05, 0.1) is 33.0 Å². The van der Waals surface area contributed by atoms with Crippen LogP contribution in [0.1, 0.15) is 23.1 Å². The zero-order valence-electron chi connectivity index (χ0n) is 21.1. The molecule has 8 nitrogen and oxygen atoms in total. The Morgan fingerprint density at radius 3 is 2.31 bits per heavy atom. The van der Waals surface area contributed by atoms with Gasteiger partial charge in [-0.05, 0) is 73.7 Å². The largest absolute Gasteiger partial charge is 0.379 e. The number of H-pyrrole nitrogens is 1. The summed E-state index contributed by atoms with van der Waals surface area (Å²) >= 11 is 5.81. The van der Waals surface area contributed by atoms with Gasteiger partial charge in [0.2, 0.25) is 0 Å². The van der Waals surface area contributed by atoms with Gasteiger partial charge in [0.25, 0.3) is 5.56 Å². The summed E-state index contributed by atoms with van der Waals surface area (Å²) in [7, 11) is 0. The Morgan fingerprint density at radius 2 is 1.63 bits per heavy atom. The highest BCUT2D eigenvalue weighted by molar-refractivity contribution is 7.80. The molecule has 2 aliphatic heterocycles. The van der Waals surface area contributed by atoms with E-state index in [1.54, 1.807) is 0 Å². The average molecular weight is 502 g/mol. The standard InChI is InChI=1S/C26H39N5O3S/c1-20-16-22-18-23(25(32)28-24(22)17-21(20)2)19-31(7-6-30-10-14-34-15-11-30)26(35)27-4-3-5-29-8-12-33-13-9-29/h16-18H,3-15,19H2,1-2H3,(H,27,35)(H,28,32). The van der Waals surface area contributed by atoms with Crippen molar-refractivity contribution >= 4 is 28.2 Å². The summed E-state index contributed by atoms with van der Waals surface area (Å²) in [5.41, 5.74) is 3.96. The highest BCUT2D eigenvalue weighted by atomic mass is 32.1. The molecule has 2 aliphatic rings. The van der Waals surface area contributed by atoms with Gasteiger partial charge < -0.3 is 24.7 Å². The van der Waals surface area contributed by atoms with E-state index in [-0.39, 0.29) is 5.56 Å². The van der Waals surface area contributed by atoms with E-state index < -0.39 is 0 Å². The van der Waals surface area contributed by atoms with E-state index in [1.807, 2.05) is 12.1 Å². The number of rotatable bonds is 9. The van der Waals surface area contributed by atoms with Crippen molar-refractivity contribution in [2.75, 3.05) is 78.8 Å². The van der Waals surface area contributed by atoms with E-state index in [9.17, 15) is 4.79 Å². The number of hydrogen-bond acceptors (Lipinski definition) is 6. The fourth-order valence-electron chi connectivity index (χ4n) is 4.62. The fourth-order valence-corrected chi connectivity index (χ4v) is 4.88. The van der Waals surface area contributed by atoms with Crippen LogP contribution in [0.3, 0.4) is 0 Å². The SMILES string of the molecule is Cc1cc2cc(CN(CCN3CCOCC3)C(=S)NCCCN3CCOCC3)c(=O)[nH]c2cc1C. The zero-order valence-corrected chi connectivity index (χ0v) is 21.9. The third-order valence-corrected chi connectivity index (χ3v) is 7.41. The third kappa shape index (κ3) is 7.47. The minimum absolute atomic E-state index is 0.0488. The molecule has 1 aromatic carbocycles. The first-order valence-corrected chi connectivity index (χ1v) is 13.2. The van der Waals surface area contributed by atoms with Gasteiger partial charge in [-0.15, -0.1) is 0 Å². The molecular weight excluding hydrogens is 462 g/mol. The molecule has 0 saturated carbocycles. The molecule has 2 fully saturated rings. The van der Waals surface area contributed by atoms with E-state index in [0.717, 1.165) is 102 Å². The minimum Gasteiger partial charge on any atom is -0.379 e. The number of pyridine rings is 1. The molecule has 2 N–H and O–H groups in total. The zero-order chi connectivity index (χ0) is 24.6. The molecule has 0 spiro atoms. The Balaban J connectivity index is 1.41. The Hall–Kier alpha value is -2.04. The van der Waals surface area contributed by atoms with Crippen molar-refractivity contribution < 1.29 is 9.47 Å². The first-order chi connectivity index (χ1) is 17.0. The van der Waals surface area contributed by atoms with Gasteiger partial charge in [0.1, 0.15) is 0 Å². The molecule has 4 rings (SSSR count). The molecule has 2 saturated heterocycles. The maximum Gasteiger partial charge on any atom is 0.253 e. The first-order valence-electron chi connectivity index (χ1n) is 12.8. The third-order valence-electron chi connectivity index (χ3n) is 7.00. The van der Waals surface area contributed by atoms with Gasteiger partial charge in [0, 0.05) is 56.9 Å². The van der Waals surface area contributed by atoms with Crippen molar-refractivity contribution in [1.82, 2.24) is 25.0 Å². The Morgan fingerprint density at radius 1 is 1.00 bits per heavy atom. The number of thiocarbonyl (C=S) groups is 1. The van der Waals surface area contributed by atoms with Gasteiger partial charge in [-0.1, -0.05) is 0 Å². The summed E-state index contributed by atoms with van der Waals surface area (Å²) in [5, 5.41) is 5.21. The second-order valence-electron chi connectivity index (χ2n) is 9.56. The summed E-state index contributed by atoms with van der Waals surface area (Å²) in [5.74, 6) is 0. The molecule has 2 aromatic rings. The number of nitrogens with zero attached hydrogens (tertiary/aromatic N) is 3. The number of hydrogen-bond donors (Lipinski definition) is 2. The molecule has 0 unspecified atom stereocenters. The van der Waals surface area contributed by atoms with Crippen molar-refractivity contribution in [2.24, 2.45) is 0 Å². The minimum atomic E-state index is -0.0488. The van der Waals surface area contributed by atoms with Crippen molar-refractivity contribution in [3.63, 3.8) is 0 Å². The lowest BCUT2D eigenvalue weighted by molar-refractivity contribution is 0.0356. The lowest BCUT2D eigenvalue weighted by atomic mass is 10.0. The number of aromatic nitrogens is 1. The number of aromatic amines is 1. The molecule has 192 valence electrons. The summed E-state index contributed by atoms with van der Waals surface area (Å²) in [6.07, 6.45) is 1.02. The number of aryl methyl sites for hydroxylation is 2. The lowest BCUT2D eigenvalue weighted by Gasteiger charge is -2.31. The Labute approximate surface area is 213 Å². The van der Waals surface area contributed by atoms with Crippen LogP contribution in [0, 0.1) is 13.8 Å². The van der Waals surface area contributed by atoms with Crippen LogP contribution in [0.2, 0.25) is 0 Å². The van der Waals surface area contributed by atoms with E-state index in [4.69, 9.17) is 21.7 Å². The maximum absolute atomic E-state index is 12.9. The van der Waals surface area contributed by atoms with Crippen molar-refractivity contribution in [3.8, 4) is 0 Å². The average Bonchev–Trinajstić information content (AvgIpc) is 2.87.